The van der Waals surface area contributed by atoms with Crippen LogP contribution in [0.4, 0.5) is 0 Å². The van der Waals surface area contributed by atoms with Crippen LogP contribution in [0.1, 0.15) is 44.9 Å². The van der Waals surface area contributed by atoms with Crippen LogP contribution in [0, 0.1) is 5.92 Å². The zero-order valence-electron chi connectivity index (χ0n) is 11.6. The van der Waals surface area contributed by atoms with Crippen molar-refractivity contribution in [3.8, 4) is 0 Å². The standard InChI is InChI=1S/C15H28N2O/c1-3-14(16-8-1)12-17(11-13-5-6-13)9-7-15-4-2-10-18-15/h13-16H,1-12H2. The van der Waals surface area contributed by atoms with Crippen LogP contribution in [0.25, 0.3) is 0 Å². The number of nitrogens with one attached hydrogen (secondary N) is 1. The molecule has 0 amide bonds. The Hall–Kier alpha value is -0.120. The minimum atomic E-state index is 0.559. The monoisotopic (exact) mass is 252 g/mol. The van der Waals surface area contributed by atoms with Gasteiger partial charge in [-0.15, -0.1) is 0 Å². The van der Waals surface area contributed by atoms with E-state index < -0.39 is 0 Å². The zero-order valence-corrected chi connectivity index (χ0v) is 11.6. The van der Waals surface area contributed by atoms with Gasteiger partial charge < -0.3 is 15.0 Å². The molecule has 3 heteroatoms. The fourth-order valence-electron chi connectivity index (χ4n) is 3.35. The Morgan fingerprint density at radius 3 is 2.67 bits per heavy atom. The molecule has 3 fully saturated rings. The Morgan fingerprint density at radius 1 is 1.06 bits per heavy atom. The quantitative estimate of drug-likeness (QED) is 0.750. The highest BCUT2D eigenvalue weighted by molar-refractivity contribution is 4.83. The Balaban J connectivity index is 1.41. The number of ether oxygens (including phenoxy) is 1. The summed E-state index contributed by atoms with van der Waals surface area (Å²) in [6.07, 6.45) is 10.1. The Labute approximate surface area is 111 Å². The molecule has 0 aromatic carbocycles. The summed E-state index contributed by atoms with van der Waals surface area (Å²) in [4.78, 5) is 2.71. The fraction of sp³-hybridized carbons (Fsp3) is 1.00. The highest BCUT2D eigenvalue weighted by Gasteiger charge is 2.27. The highest BCUT2D eigenvalue weighted by atomic mass is 16.5. The van der Waals surface area contributed by atoms with Crippen LogP contribution in [0.15, 0.2) is 0 Å². The predicted molar refractivity (Wildman–Crippen MR) is 73.8 cm³/mol. The first-order chi connectivity index (χ1) is 8.90. The summed E-state index contributed by atoms with van der Waals surface area (Å²) in [5.41, 5.74) is 0. The number of hydrogen-bond acceptors (Lipinski definition) is 3. The van der Waals surface area contributed by atoms with E-state index in [1.54, 1.807) is 0 Å². The van der Waals surface area contributed by atoms with Crippen LogP contribution in [0.2, 0.25) is 0 Å². The van der Waals surface area contributed by atoms with Gasteiger partial charge in [-0.2, -0.15) is 0 Å². The van der Waals surface area contributed by atoms with Gasteiger partial charge in [0.25, 0.3) is 0 Å². The van der Waals surface area contributed by atoms with Crippen molar-refractivity contribution in [3.63, 3.8) is 0 Å². The molecule has 104 valence electrons. The first-order valence-electron chi connectivity index (χ1n) is 7.97. The Kier molecular flexibility index (Phi) is 4.55. The molecule has 0 bridgehead atoms. The maximum absolute atomic E-state index is 5.75. The average Bonchev–Trinajstić information content (AvgIpc) is 2.85. The van der Waals surface area contributed by atoms with E-state index in [0.29, 0.717) is 6.10 Å². The lowest BCUT2D eigenvalue weighted by Crippen LogP contribution is -2.39. The second-order valence-electron chi connectivity index (χ2n) is 6.42. The third-order valence-electron chi connectivity index (χ3n) is 4.65. The SMILES string of the molecule is C1CNC(CN(CCC2CCCO2)CC2CC2)C1. The summed E-state index contributed by atoms with van der Waals surface area (Å²) in [6, 6.07) is 0.758. The van der Waals surface area contributed by atoms with Crippen molar-refractivity contribution in [2.24, 2.45) is 5.92 Å². The van der Waals surface area contributed by atoms with Gasteiger partial charge in [-0.1, -0.05) is 0 Å². The lowest BCUT2D eigenvalue weighted by Gasteiger charge is -2.26. The zero-order chi connectivity index (χ0) is 12.2. The molecule has 0 radical (unpaired) electrons. The Morgan fingerprint density at radius 2 is 2.00 bits per heavy atom. The number of hydrogen-bond donors (Lipinski definition) is 1. The molecule has 1 aliphatic carbocycles. The van der Waals surface area contributed by atoms with Gasteiger partial charge in [0.15, 0.2) is 0 Å². The van der Waals surface area contributed by atoms with Gasteiger partial charge in [-0.25, -0.2) is 0 Å². The molecule has 1 saturated carbocycles. The van der Waals surface area contributed by atoms with Crippen LogP contribution >= 0.6 is 0 Å². The Bertz CT molecular complexity index is 243. The summed E-state index contributed by atoms with van der Waals surface area (Å²) in [5.74, 6) is 1.01. The molecular weight excluding hydrogens is 224 g/mol. The van der Waals surface area contributed by atoms with Gasteiger partial charge in [0.2, 0.25) is 0 Å². The van der Waals surface area contributed by atoms with Crippen molar-refractivity contribution < 1.29 is 4.74 Å². The van der Waals surface area contributed by atoms with Crippen LogP contribution < -0.4 is 5.32 Å². The number of nitrogens with zero attached hydrogens (tertiary/aromatic N) is 1. The van der Waals surface area contributed by atoms with Gasteiger partial charge in [0, 0.05) is 32.3 Å². The van der Waals surface area contributed by atoms with Gasteiger partial charge in [0.1, 0.15) is 0 Å². The van der Waals surface area contributed by atoms with E-state index >= 15 is 0 Å². The molecule has 0 aromatic rings. The molecule has 2 atom stereocenters. The van der Waals surface area contributed by atoms with Gasteiger partial charge >= 0.3 is 0 Å². The molecule has 2 unspecified atom stereocenters. The second-order valence-corrected chi connectivity index (χ2v) is 6.42. The predicted octanol–water partition coefficient (Wildman–Crippen LogP) is 2.02. The van der Waals surface area contributed by atoms with Crippen molar-refractivity contribution in [3.05, 3.63) is 0 Å². The highest BCUT2D eigenvalue weighted by Crippen LogP contribution is 2.30. The van der Waals surface area contributed by atoms with E-state index in [4.69, 9.17) is 4.74 Å². The average molecular weight is 252 g/mol. The van der Waals surface area contributed by atoms with E-state index in [0.717, 1.165) is 18.6 Å². The molecule has 2 heterocycles. The summed E-state index contributed by atoms with van der Waals surface area (Å²) in [6.45, 7) is 6.08. The first kappa shape index (κ1) is 12.9. The number of rotatable bonds is 7. The van der Waals surface area contributed by atoms with Crippen molar-refractivity contribution in [1.82, 2.24) is 10.2 Å². The normalized spacial score (nSPS) is 32.5. The molecule has 2 saturated heterocycles. The molecular formula is C15H28N2O. The molecule has 0 aromatic heterocycles. The fourth-order valence-corrected chi connectivity index (χ4v) is 3.35. The molecule has 2 aliphatic heterocycles. The molecule has 0 spiro atoms. The van der Waals surface area contributed by atoms with E-state index in [1.165, 1.54) is 71.1 Å². The van der Waals surface area contributed by atoms with Gasteiger partial charge in [-0.3, -0.25) is 0 Å². The van der Waals surface area contributed by atoms with Crippen LogP contribution in [-0.2, 0) is 4.74 Å². The summed E-state index contributed by atoms with van der Waals surface area (Å²) in [5, 5.41) is 3.64. The van der Waals surface area contributed by atoms with E-state index in [9.17, 15) is 0 Å². The van der Waals surface area contributed by atoms with Crippen LogP contribution in [-0.4, -0.2) is 49.8 Å². The molecule has 3 rings (SSSR count). The lowest BCUT2D eigenvalue weighted by atomic mass is 10.1. The van der Waals surface area contributed by atoms with E-state index in [2.05, 4.69) is 10.2 Å². The molecule has 3 nitrogen and oxygen atoms in total. The lowest BCUT2D eigenvalue weighted by molar-refractivity contribution is 0.0898. The largest absolute Gasteiger partial charge is 0.378 e. The summed E-state index contributed by atoms with van der Waals surface area (Å²) < 4.78 is 5.75. The van der Waals surface area contributed by atoms with Crippen LogP contribution in [0.5, 0.6) is 0 Å². The van der Waals surface area contributed by atoms with Gasteiger partial charge in [0.05, 0.1) is 6.10 Å². The molecule has 1 N–H and O–H groups in total. The van der Waals surface area contributed by atoms with Crippen molar-refractivity contribution >= 4 is 0 Å². The minimum absolute atomic E-state index is 0.559. The van der Waals surface area contributed by atoms with E-state index in [1.807, 2.05) is 0 Å². The maximum Gasteiger partial charge on any atom is 0.0588 e. The molecule has 18 heavy (non-hydrogen) atoms. The summed E-state index contributed by atoms with van der Waals surface area (Å²) >= 11 is 0. The second kappa shape index (κ2) is 6.36. The van der Waals surface area contributed by atoms with Crippen molar-refractivity contribution in [2.45, 2.75) is 57.1 Å². The van der Waals surface area contributed by atoms with Crippen LogP contribution in [0.3, 0.4) is 0 Å². The summed E-state index contributed by atoms with van der Waals surface area (Å²) in [7, 11) is 0. The van der Waals surface area contributed by atoms with Crippen molar-refractivity contribution in [2.75, 3.05) is 32.8 Å². The molecule has 3 aliphatic rings. The minimum Gasteiger partial charge on any atom is -0.378 e. The third kappa shape index (κ3) is 3.94. The van der Waals surface area contributed by atoms with E-state index in [-0.39, 0.29) is 0 Å². The van der Waals surface area contributed by atoms with Crippen molar-refractivity contribution in [1.29, 1.82) is 0 Å². The topological polar surface area (TPSA) is 24.5 Å². The smallest absolute Gasteiger partial charge is 0.0588 e. The first-order valence-corrected chi connectivity index (χ1v) is 7.97. The third-order valence-corrected chi connectivity index (χ3v) is 4.65. The maximum atomic E-state index is 5.75. The van der Waals surface area contributed by atoms with Gasteiger partial charge in [-0.05, 0) is 57.4 Å².